The number of likely N-dealkylation sites (N-methyl/N-ethyl adjacent to an activating group) is 1. The van der Waals surface area contributed by atoms with Gasteiger partial charge in [0.15, 0.2) is 0 Å². The van der Waals surface area contributed by atoms with E-state index in [2.05, 4.69) is 16.8 Å². The van der Waals surface area contributed by atoms with E-state index in [1.165, 1.54) is 13.2 Å². The molecule has 1 aromatic heterocycles. The fourth-order valence-electron chi connectivity index (χ4n) is 5.87. The first-order chi connectivity index (χ1) is 15.3. The van der Waals surface area contributed by atoms with Crippen LogP contribution in [0, 0.1) is 5.92 Å². The van der Waals surface area contributed by atoms with Crippen LogP contribution in [0.4, 0.5) is 0 Å². The van der Waals surface area contributed by atoms with Gasteiger partial charge in [0.2, 0.25) is 5.91 Å². The number of H-pyrrole nitrogens is 1. The molecule has 0 bridgehead atoms. The van der Waals surface area contributed by atoms with E-state index in [9.17, 15) is 19.2 Å². The van der Waals surface area contributed by atoms with E-state index >= 15 is 0 Å². The van der Waals surface area contributed by atoms with Gasteiger partial charge in [-0.3, -0.25) is 19.0 Å². The number of nitrogens with one attached hydrogen (secondary N) is 1. The summed E-state index contributed by atoms with van der Waals surface area (Å²) in [5.41, 5.74) is -1.26. The van der Waals surface area contributed by atoms with Gasteiger partial charge in [0, 0.05) is 45.5 Å². The fraction of sp³-hybridized carbons (Fsp3) is 0.739. The van der Waals surface area contributed by atoms with Crippen molar-refractivity contribution in [3.63, 3.8) is 0 Å². The van der Waals surface area contributed by atoms with Crippen LogP contribution < -0.4 is 11.2 Å². The predicted octanol–water partition coefficient (Wildman–Crippen LogP) is 0.790. The lowest BCUT2D eigenvalue weighted by molar-refractivity contribution is -0.137. The Kier molecular flexibility index (Phi) is 6.55. The second-order valence-corrected chi connectivity index (χ2v) is 9.56. The molecule has 4 rings (SSSR count). The number of rotatable bonds is 4. The molecular formula is C23H35N5O4. The van der Waals surface area contributed by atoms with Crippen molar-refractivity contribution in [1.29, 1.82) is 0 Å². The highest BCUT2D eigenvalue weighted by Crippen LogP contribution is 2.41. The van der Waals surface area contributed by atoms with Crippen molar-refractivity contribution in [2.45, 2.75) is 70.0 Å². The van der Waals surface area contributed by atoms with Gasteiger partial charge < -0.3 is 19.7 Å². The van der Waals surface area contributed by atoms with Crippen molar-refractivity contribution in [1.82, 2.24) is 24.3 Å². The Labute approximate surface area is 188 Å². The third kappa shape index (κ3) is 4.02. The molecule has 3 atom stereocenters. The zero-order valence-electron chi connectivity index (χ0n) is 19.4. The Morgan fingerprint density at radius 2 is 1.81 bits per heavy atom. The quantitative estimate of drug-likeness (QED) is 0.739. The zero-order valence-corrected chi connectivity index (χ0v) is 19.4. The molecule has 3 fully saturated rings. The summed E-state index contributed by atoms with van der Waals surface area (Å²) in [6.45, 7) is 5.13. The van der Waals surface area contributed by atoms with Gasteiger partial charge in [0.1, 0.15) is 11.6 Å². The molecule has 176 valence electrons. The summed E-state index contributed by atoms with van der Waals surface area (Å²) >= 11 is 0. The second kappa shape index (κ2) is 9.21. The summed E-state index contributed by atoms with van der Waals surface area (Å²) in [5, 5.41) is 0. The number of carbonyl (C=O) groups is 2. The minimum absolute atomic E-state index is 0.0241. The highest BCUT2D eigenvalue weighted by atomic mass is 16.2. The molecule has 1 saturated carbocycles. The Balaban J connectivity index is 1.61. The van der Waals surface area contributed by atoms with Gasteiger partial charge in [-0.15, -0.1) is 0 Å². The van der Waals surface area contributed by atoms with Gasteiger partial charge in [0.25, 0.3) is 11.5 Å². The molecule has 3 aliphatic rings. The largest absolute Gasteiger partial charge is 0.341 e. The smallest absolute Gasteiger partial charge is 0.328 e. The SMILES string of the molecule is CCN1CCC(N(C)C(=O)C2CC3CCCCC3N2C(=O)c2c[nH]c(=O)n(C)c2=O)CC1. The van der Waals surface area contributed by atoms with Gasteiger partial charge in [-0.2, -0.15) is 0 Å². The molecule has 9 nitrogen and oxygen atoms in total. The first-order valence-corrected chi connectivity index (χ1v) is 11.9. The van der Waals surface area contributed by atoms with E-state index < -0.39 is 23.2 Å². The highest BCUT2D eigenvalue weighted by Gasteiger charge is 2.49. The van der Waals surface area contributed by atoms with E-state index in [1.54, 1.807) is 4.90 Å². The topological polar surface area (TPSA) is 98.7 Å². The predicted molar refractivity (Wildman–Crippen MR) is 121 cm³/mol. The molecular weight excluding hydrogens is 410 g/mol. The summed E-state index contributed by atoms with van der Waals surface area (Å²) in [6, 6.07) is -0.413. The molecule has 0 spiro atoms. The summed E-state index contributed by atoms with van der Waals surface area (Å²) in [4.78, 5) is 60.1. The average Bonchev–Trinajstić information content (AvgIpc) is 3.21. The molecule has 9 heteroatoms. The van der Waals surface area contributed by atoms with Gasteiger partial charge in [0.05, 0.1) is 0 Å². The molecule has 32 heavy (non-hydrogen) atoms. The van der Waals surface area contributed by atoms with Gasteiger partial charge in [-0.05, 0) is 44.6 Å². The molecule has 0 radical (unpaired) electrons. The Bertz CT molecular complexity index is 977. The molecule has 3 heterocycles. The van der Waals surface area contributed by atoms with Crippen molar-refractivity contribution < 1.29 is 9.59 Å². The number of amides is 2. The van der Waals surface area contributed by atoms with Crippen LogP contribution in [0.1, 0.15) is 62.2 Å². The third-order valence-corrected chi connectivity index (χ3v) is 7.92. The summed E-state index contributed by atoms with van der Waals surface area (Å²) in [6.07, 6.45) is 7.69. The summed E-state index contributed by atoms with van der Waals surface area (Å²) < 4.78 is 0.909. The maximum Gasteiger partial charge on any atom is 0.328 e. The molecule has 1 N–H and O–H groups in total. The van der Waals surface area contributed by atoms with Crippen LogP contribution in [0.3, 0.4) is 0 Å². The first kappa shape index (κ1) is 22.8. The normalized spacial score (nSPS) is 26.7. The number of likely N-dealkylation sites (tertiary alicyclic amines) is 2. The monoisotopic (exact) mass is 445 g/mol. The van der Waals surface area contributed by atoms with Crippen molar-refractivity contribution in [3.05, 3.63) is 32.6 Å². The molecule has 3 unspecified atom stereocenters. The van der Waals surface area contributed by atoms with Crippen LogP contribution in [0.15, 0.2) is 15.8 Å². The third-order valence-electron chi connectivity index (χ3n) is 7.92. The maximum atomic E-state index is 13.7. The van der Waals surface area contributed by atoms with Crippen molar-refractivity contribution >= 4 is 11.8 Å². The van der Waals surface area contributed by atoms with Gasteiger partial charge >= 0.3 is 5.69 Å². The zero-order chi connectivity index (χ0) is 23.0. The number of hydrogen-bond acceptors (Lipinski definition) is 5. The average molecular weight is 446 g/mol. The van der Waals surface area contributed by atoms with Crippen LogP contribution in [-0.4, -0.2) is 80.9 Å². The lowest BCUT2D eigenvalue weighted by Crippen LogP contribution is -2.54. The number of fused-ring (bicyclic) bond motifs is 1. The van der Waals surface area contributed by atoms with Crippen LogP contribution in [0.25, 0.3) is 0 Å². The fourth-order valence-corrected chi connectivity index (χ4v) is 5.87. The van der Waals surface area contributed by atoms with E-state index in [4.69, 9.17) is 0 Å². The molecule has 2 amide bonds. The Hall–Kier alpha value is -2.42. The minimum atomic E-state index is -0.621. The Morgan fingerprint density at radius 3 is 2.50 bits per heavy atom. The number of piperidine rings is 1. The van der Waals surface area contributed by atoms with Gasteiger partial charge in [-0.25, -0.2) is 4.79 Å². The molecule has 2 aliphatic heterocycles. The van der Waals surface area contributed by atoms with E-state index in [0.29, 0.717) is 6.42 Å². The van der Waals surface area contributed by atoms with Crippen LogP contribution >= 0.6 is 0 Å². The van der Waals surface area contributed by atoms with Crippen molar-refractivity contribution in [2.24, 2.45) is 13.0 Å². The van der Waals surface area contributed by atoms with Crippen LogP contribution in [0.5, 0.6) is 0 Å². The number of aromatic nitrogens is 2. The van der Waals surface area contributed by atoms with Crippen LogP contribution in [-0.2, 0) is 11.8 Å². The molecule has 0 aromatic carbocycles. The van der Waals surface area contributed by atoms with E-state index in [0.717, 1.165) is 62.7 Å². The molecule has 2 saturated heterocycles. The summed E-state index contributed by atoms with van der Waals surface area (Å²) in [5.74, 6) is -0.184. The number of carbonyl (C=O) groups excluding carboxylic acids is 2. The lowest BCUT2D eigenvalue weighted by Gasteiger charge is -2.39. The molecule has 1 aromatic rings. The van der Waals surface area contributed by atoms with E-state index in [-0.39, 0.29) is 29.5 Å². The number of nitrogens with zero attached hydrogens (tertiary/aromatic N) is 4. The van der Waals surface area contributed by atoms with Crippen LogP contribution in [0.2, 0.25) is 0 Å². The van der Waals surface area contributed by atoms with Gasteiger partial charge in [-0.1, -0.05) is 19.8 Å². The Morgan fingerprint density at radius 1 is 1.12 bits per heavy atom. The standard InChI is InChI=1S/C23H35N5O4/c1-4-27-11-9-16(10-12-27)25(2)22(31)19-13-15-7-5-6-8-18(15)28(19)21(30)17-14-24-23(32)26(3)20(17)29/h14-16,18-19H,4-13H2,1-3H3,(H,24,32). The van der Waals surface area contributed by atoms with Crippen molar-refractivity contribution in [3.8, 4) is 0 Å². The van der Waals surface area contributed by atoms with E-state index in [1.807, 2.05) is 11.9 Å². The highest BCUT2D eigenvalue weighted by molar-refractivity contribution is 5.97. The second-order valence-electron chi connectivity index (χ2n) is 9.56. The number of aromatic amines is 1. The lowest BCUT2D eigenvalue weighted by atomic mass is 9.84. The number of hydrogen-bond donors (Lipinski definition) is 1. The molecule has 1 aliphatic carbocycles. The maximum absolute atomic E-state index is 13.7. The minimum Gasteiger partial charge on any atom is -0.341 e. The summed E-state index contributed by atoms with van der Waals surface area (Å²) in [7, 11) is 3.21. The first-order valence-electron chi connectivity index (χ1n) is 11.9. The van der Waals surface area contributed by atoms with Crippen molar-refractivity contribution in [2.75, 3.05) is 26.7 Å².